The summed E-state index contributed by atoms with van der Waals surface area (Å²) in [5.41, 5.74) is 0.967. The first kappa shape index (κ1) is 17.0. The maximum atomic E-state index is 12.5. The smallest absolute Gasteiger partial charge is 0.263 e. The molecule has 1 aliphatic heterocycles. The summed E-state index contributed by atoms with van der Waals surface area (Å²) in [7, 11) is 0. The Bertz CT molecular complexity index is 879. The van der Waals surface area contributed by atoms with E-state index in [9.17, 15) is 4.79 Å². The molecule has 0 bridgehead atoms. The van der Waals surface area contributed by atoms with E-state index in [0.29, 0.717) is 17.6 Å². The van der Waals surface area contributed by atoms with E-state index in [1.54, 1.807) is 11.3 Å². The summed E-state index contributed by atoms with van der Waals surface area (Å²) in [5, 5.41) is 4.09. The predicted octanol–water partition coefficient (Wildman–Crippen LogP) is 4.20. The van der Waals surface area contributed by atoms with Gasteiger partial charge in [-0.25, -0.2) is 0 Å². The van der Waals surface area contributed by atoms with Gasteiger partial charge in [0.25, 0.3) is 5.91 Å². The Morgan fingerprint density at radius 2 is 1.96 bits per heavy atom. The molecule has 0 saturated carbocycles. The number of rotatable bonds is 4. The van der Waals surface area contributed by atoms with Crippen LogP contribution in [0.15, 0.2) is 47.0 Å². The molecule has 0 N–H and O–H groups in total. The molecule has 6 heteroatoms. The Balaban J connectivity index is 1.33. The van der Waals surface area contributed by atoms with Crippen LogP contribution >= 0.6 is 11.3 Å². The van der Waals surface area contributed by atoms with E-state index in [0.717, 1.165) is 42.8 Å². The summed E-state index contributed by atoms with van der Waals surface area (Å²) in [6.07, 6.45) is 2.72. The second-order valence-electron chi connectivity index (χ2n) is 6.73. The normalized spacial score (nSPS) is 15.3. The molecular formula is C20H21N3O2S. The first-order valence-corrected chi connectivity index (χ1v) is 9.74. The number of hydrogen-bond donors (Lipinski definition) is 0. The van der Waals surface area contributed by atoms with Crippen molar-refractivity contribution in [2.45, 2.75) is 26.2 Å². The number of hydrogen-bond acceptors (Lipinski definition) is 5. The van der Waals surface area contributed by atoms with Gasteiger partial charge in [0.05, 0.1) is 4.88 Å². The van der Waals surface area contributed by atoms with Crippen LogP contribution in [0, 0.1) is 12.8 Å². The molecule has 1 aromatic carbocycles. The van der Waals surface area contributed by atoms with Crippen molar-refractivity contribution in [1.29, 1.82) is 0 Å². The first-order valence-electron chi connectivity index (χ1n) is 8.93. The van der Waals surface area contributed by atoms with Gasteiger partial charge in [-0.2, -0.15) is 4.98 Å². The number of aryl methyl sites for hydroxylation is 1. The molecule has 3 heterocycles. The van der Waals surface area contributed by atoms with Crippen LogP contribution in [0.25, 0.3) is 11.4 Å². The average molecular weight is 367 g/mol. The summed E-state index contributed by atoms with van der Waals surface area (Å²) in [6, 6.07) is 13.8. The van der Waals surface area contributed by atoms with Gasteiger partial charge in [-0.15, -0.1) is 11.3 Å². The van der Waals surface area contributed by atoms with Gasteiger partial charge in [-0.05, 0) is 37.8 Å². The van der Waals surface area contributed by atoms with Crippen LogP contribution in [-0.4, -0.2) is 34.0 Å². The fourth-order valence-electron chi connectivity index (χ4n) is 3.33. The first-order chi connectivity index (χ1) is 12.7. The van der Waals surface area contributed by atoms with Gasteiger partial charge in [0, 0.05) is 30.0 Å². The third-order valence-corrected chi connectivity index (χ3v) is 5.80. The predicted molar refractivity (Wildman–Crippen MR) is 101 cm³/mol. The van der Waals surface area contributed by atoms with E-state index in [1.165, 1.54) is 4.88 Å². The Morgan fingerprint density at radius 3 is 2.65 bits per heavy atom. The topological polar surface area (TPSA) is 59.2 Å². The fraction of sp³-hybridized carbons (Fsp3) is 0.350. The molecule has 0 spiro atoms. The zero-order valence-electron chi connectivity index (χ0n) is 14.7. The number of aromatic nitrogens is 2. The van der Waals surface area contributed by atoms with E-state index in [-0.39, 0.29) is 5.91 Å². The van der Waals surface area contributed by atoms with E-state index in [4.69, 9.17) is 4.52 Å². The lowest BCUT2D eigenvalue weighted by molar-refractivity contribution is 0.0692. The molecule has 3 aromatic rings. The van der Waals surface area contributed by atoms with Gasteiger partial charge >= 0.3 is 0 Å². The van der Waals surface area contributed by atoms with E-state index in [1.807, 2.05) is 54.3 Å². The van der Waals surface area contributed by atoms with Crippen molar-refractivity contribution < 1.29 is 9.32 Å². The minimum atomic E-state index is 0.158. The van der Waals surface area contributed by atoms with Gasteiger partial charge in [0.2, 0.25) is 11.7 Å². The van der Waals surface area contributed by atoms with Crippen molar-refractivity contribution in [3.8, 4) is 11.4 Å². The van der Waals surface area contributed by atoms with Crippen LogP contribution in [0.1, 0.15) is 33.3 Å². The number of carbonyl (C=O) groups is 1. The van der Waals surface area contributed by atoms with E-state index >= 15 is 0 Å². The number of amides is 1. The third-order valence-electron chi connectivity index (χ3n) is 4.82. The minimum Gasteiger partial charge on any atom is -0.339 e. The number of likely N-dealkylation sites (tertiary alicyclic amines) is 1. The largest absolute Gasteiger partial charge is 0.339 e. The van der Waals surface area contributed by atoms with E-state index in [2.05, 4.69) is 10.1 Å². The quantitative estimate of drug-likeness (QED) is 0.693. The second-order valence-corrected chi connectivity index (χ2v) is 8.02. The number of carbonyl (C=O) groups excluding carboxylic acids is 1. The highest BCUT2D eigenvalue weighted by Crippen LogP contribution is 2.25. The Kier molecular flexibility index (Phi) is 4.84. The molecule has 2 aromatic heterocycles. The third kappa shape index (κ3) is 3.70. The maximum absolute atomic E-state index is 12.5. The molecule has 1 aliphatic rings. The van der Waals surface area contributed by atoms with Crippen LogP contribution in [-0.2, 0) is 6.42 Å². The number of piperidine rings is 1. The molecule has 0 atom stereocenters. The van der Waals surface area contributed by atoms with Crippen molar-refractivity contribution in [2.75, 3.05) is 13.1 Å². The molecule has 4 rings (SSSR count). The van der Waals surface area contributed by atoms with Crippen LogP contribution in [0.2, 0.25) is 0 Å². The van der Waals surface area contributed by atoms with Crippen molar-refractivity contribution in [2.24, 2.45) is 5.92 Å². The second kappa shape index (κ2) is 7.41. The summed E-state index contributed by atoms with van der Waals surface area (Å²) in [4.78, 5) is 21.0. The fourth-order valence-corrected chi connectivity index (χ4v) is 4.17. The molecule has 0 unspecified atom stereocenters. The van der Waals surface area contributed by atoms with Gasteiger partial charge in [-0.1, -0.05) is 35.5 Å². The molecule has 1 saturated heterocycles. The standard InChI is InChI=1S/C20H21N3O2S/c1-14-7-8-17(26-14)20(24)23-11-9-15(10-12-23)13-18-21-19(22-25-18)16-5-3-2-4-6-16/h2-8,15H,9-13H2,1H3. The van der Waals surface area contributed by atoms with Crippen molar-refractivity contribution in [3.63, 3.8) is 0 Å². The average Bonchev–Trinajstić information content (AvgIpc) is 3.32. The number of benzene rings is 1. The Morgan fingerprint density at radius 1 is 1.19 bits per heavy atom. The number of nitrogens with zero attached hydrogens (tertiary/aromatic N) is 3. The van der Waals surface area contributed by atoms with Gasteiger partial charge in [0.15, 0.2) is 0 Å². The highest BCUT2D eigenvalue weighted by molar-refractivity contribution is 7.13. The SMILES string of the molecule is Cc1ccc(C(=O)N2CCC(Cc3nc(-c4ccccc4)no3)CC2)s1. The molecular weight excluding hydrogens is 346 g/mol. The van der Waals surface area contributed by atoms with Crippen LogP contribution < -0.4 is 0 Å². The van der Waals surface area contributed by atoms with Crippen LogP contribution in [0.3, 0.4) is 0 Å². The molecule has 5 nitrogen and oxygen atoms in total. The molecule has 0 radical (unpaired) electrons. The van der Waals surface area contributed by atoms with E-state index < -0.39 is 0 Å². The summed E-state index contributed by atoms with van der Waals surface area (Å²) in [6.45, 7) is 3.61. The molecule has 0 aliphatic carbocycles. The lowest BCUT2D eigenvalue weighted by Crippen LogP contribution is -2.38. The van der Waals surface area contributed by atoms with Crippen molar-refractivity contribution in [1.82, 2.24) is 15.0 Å². The van der Waals surface area contributed by atoms with Crippen LogP contribution in [0.4, 0.5) is 0 Å². The zero-order valence-corrected chi connectivity index (χ0v) is 15.5. The maximum Gasteiger partial charge on any atom is 0.263 e. The summed E-state index contributed by atoms with van der Waals surface area (Å²) < 4.78 is 5.43. The highest BCUT2D eigenvalue weighted by Gasteiger charge is 2.25. The van der Waals surface area contributed by atoms with Gasteiger partial charge in [-0.3, -0.25) is 4.79 Å². The monoisotopic (exact) mass is 367 g/mol. The molecule has 26 heavy (non-hydrogen) atoms. The summed E-state index contributed by atoms with van der Waals surface area (Å²) >= 11 is 1.57. The Labute approximate surface area is 156 Å². The summed E-state index contributed by atoms with van der Waals surface area (Å²) in [5.74, 6) is 1.96. The highest BCUT2D eigenvalue weighted by atomic mass is 32.1. The molecule has 1 fully saturated rings. The lowest BCUT2D eigenvalue weighted by atomic mass is 9.93. The Hall–Kier alpha value is -2.47. The molecule has 1 amide bonds. The van der Waals surface area contributed by atoms with Crippen LogP contribution in [0.5, 0.6) is 0 Å². The lowest BCUT2D eigenvalue weighted by Gasteiger charge is -2.31. The molecule has 134 valence electrons. The van der Waals surface area contributed by atoms with Crippen molar-refractivity contribution in [3.05, 3.63) is 58.1 Å². The van der Waals surface area contributed by atoms with Crippen molar-refractivity contribution >= 4 is 17.2 Å². The zero-order chi connectivity index (χ0) is 17.9. The van der Waals surface area contributed by atoms with Gasteiger partial charge in [0.1, 0.15) is 0 Å². The number of thiophene rings is 1. The minimum absolute atomic E-state index is 0.158. The van der Waals surface area contributed by atoms with Gasteiger partial charge < -0.3 is 9.42 Å².